The minimum Gasteiger partial charge on any atom is -0.478 e. The number of carbonyl (C=O) groups is 1. The molecular formula is C11H15NO4. The Bertz CT molecular complexity index is 392. The zero-order valence-corrected chi connectivity index (χ0v) is 8.92. The first-order valence-electron chi connectivity index (χ1n) is 4.87. The van der Waals surface area contributed by atoms with Crippen molar-refractivity contribution in [3.05, 3.63) is 34.9 Å². The summed E-state index contributed by atoms with van der Waals surface area (Å²) >= 11 is 0. The number of aliphatic hydroxyl groups excluding tert-OH is 2. The van der Waals surface area contributed by atoms with Gasteiger partial charge >= 0.3 is 5.97 Å². The van der Waals surface area contributed by atoms with E-state index in [0.717, 1.165) is 0 Å². The number of benzene rings is 1. The predicted molar refractivity (Wildman–Crippen MR) is 58.2 cm³/mol. The molecule has 0 heterocycles. The van der Waals surface area contributed by atoms with Gasteiger partial charge in [-0.05, 0) is 30.2 Å². The first-order chi connectivity index (χ1) is 7.47. The largest absolute Gasteiger partial charge is 0.478 e. The van der Waals surface area contributed by atoms with Crippen LogP contribution in [0, 0.1) is 6.92 Å². The summed E-state index contributed by atoms with van der Waals surface area (Å²) in [4.78, 5) is 10.7. The van der Waals surface area contributed by atoms with E-state index in [0.29, 0.717) is 11.1 Å². The Morgan fingerprint density at radius 1 is 1.44 bits per heavy atom. The molecule has 5 nitrogen and oxygen atoms in total. The van der Waals surface area contributed by atoms with Crippen molar-refractivity contribution in [2.24, 2.45) is 5.73 Å². The Hall–Kier alpha value is -1.43. The highest BCUT2D eigenvalue weighted by Gasteiger charge is 2.19. The Labute approximate surface area is 93.1 Å². The number of hydrogen-bond donors (Lipinski definition) is 4. The number of aromatic carboxylic acids is 1. The summed E-state index contributed by atoms with van der Waals surface area (Å²) in [5.74, 6) is -1.02. The smallest absolute Gasteiger partial charge is 0.335 e. The molecule has 0 aromatic heterocycles. The highest BCUT2D eigenvalue weighted by Crippen LogP contribution is 2.21. The maximum Gasteiger partial charge on any atom is 0.335 e. The summed E-state index contributed by atoms with van der Waals surface area (Å²) in [6.45, 7) is 1.62. The van der Waals surface area contributed by atoms with Crippen LogP contribution in [0.4, 0.5) is 0 Å². The fourth-order valence-corrected chi connectivity index (χ4v) is 1.48. The lowest BCUT2D eigenvalue weighted by Crippen LogP contribution is -2.27. The molecule has 88 valence electrons. The van der Waals surface area contributed by atoms with E-state index in [2.05, 4.69) is 0 Å². The van der Waals surface area contributed by atoms with E-state index < -0.39 is 18.2 Å². The van der Waals surface area contributed by atoms with Crippen LogP contribution in [0.1, 0.15) is 27.6 Å². The van der Waals surface area contributed by atoms with Gasteiger partial charge < -0.3 is 21.1 Å². The normalized spacial score (nSPS) is 14.5. The van der Waals surface area contributed by atoms with Crippen LogP contribution >= 0.6 is 0 Å². The number of aryl methyl sites for hydroxylation is 1. The van der Waals surface area contributed by atoms with Gasteiger partial charge in [0, 0.05) is 6.54 Å². The average molecular weight is 225 g/mol. The molecule has 16 heavy (non-hydrogen) atoms. The molecule has 0 fully saturated rings. The molecule has 0 saturated carbocycles. The van der Waals surface area contributed by atoms with Gasteiger partial charge in [-0.25, -0.2) is 4.79 Å². The van der Waals surface area contributed by atoms with Crippen LogP contribution < -0.4 is 5.73 Å². The van der Waals surface area contributed by atoms with E-state index in [9.17, 15) is 15.0 Å². The molecule has 0 spiro atoms. The monoisotopic (exact) mass is 225 g/mol. The maximum absolute atomic E-state index is 10.7. The fourth-order valence-electron chi connectivity index (χ4n) is 1.48. The van der Waals surface area contributed by atoms with Crippen LogP contribution in [0.5, 0.6) is 0 Å². The summed E-state index contributed by atoms with van der Waals surface area (Å²) in [6.07, 6.45) is -2.14. The van der Waals surface area contributed by atoms with Crippen LogP contribution in [0.3, 0.4) is 0 Å². The standard InChI is InChI=1S/C11H15NO4/c1-6-4-7(11(15)16)2-3-8(6)10(14)9(13)5-12/h2-4,9-10,13-14H,5,12H2,1H3,(H,15,16). The molecule has 0 bridgehead atoms. The first-order valence-corrected chi connectivity index (χ1v) is 4.87. The molecule has 0 aliphatic carbocycles. The molecule has 1 aromatic carbocycles. The summed E-state index contributed by atoms with van der Waals surface area (Å²) in [5, 5.41) is 27.9. The molecule has 1 rings (SSSR count). The number of hydrogen-bond acceptors (Lipinski definition) is 4. The minimum atomic E-state index is -1.09. The maximum atomic E-state index is 10.7. The minimum absolute atomic E-state index is 0.0543. The van der Waals surface area contributed by atoms with E-state index in [-0.39, 0.29) is 12.1 Å². The van der Waals surface area contributed by atoms with Crippen LogP contribution in [0.15, 0.2) is 18.2 Å². The van der Waals surface area contributed by atoms with Crippen LogP contribution in [0.2, 0.25) is 0 Å². The number of rotatable bonds is 4. The fraction of sp³-hybridized carbons (Fsp3) is 0.364. The zero-order chi connectivity index (χ0) is 12.3. The predicted octanol–water partition coefficient (Wildman–Crippen LogP) is 0.0462. The Balaban J connectivity index is 3.03. The first kappa shape index (κ1) is 12.6. The molecule has 2 unspecified atom stereocenters. The summed E-state index contributed by atoms with van der Waals surface area (Å²) in [7, 11) is 0. The van der Waals surface area contributed by atoms with Gasteiger partial charge in [0.1, 0.15) is 6.10 Å². The van der Waals surface area contributed by atoms with Gasteiger partial charge in [-0.15, -0.1) is 0 Å². The lowest BCUT2D eigenvalue weighted by molar-refractivity contribution is 0.0239. The van der Waals surface area contributed by atoms with Crippen molar-refractivity contribution in [3.8, 4) is 0 Å². The Kier molecular flexibility index (Phi) is 4.00. The van der Waals surface area contributed by atoms with E-state index in [1.165, 1.54) is 18.2 Å². The third kappa shape index (κ3) is 2.57. The highest BCUT2D eigenvalue weighted by molar-refractivity contribution is 5.87. The van der Waals surface area contributed by atoms with Crippen molar-refractivity contribution >= 4 is 5.97 Å². The molecule has 0 aliphatic heterocycles. The second-order valence-electron chi connectivity index (χ2n) is 3.62. The van der Waals surface area contributed by atoms with Crippen LogP contribution in [-0.4, -0.2) is 33.9 Å². The SMILES string of the molecule is Cc1cc(C(=O)O)ccc1C(O)C(O)CN. The molecule has 5 N–H and O–H groups in total. The Morgan fingerprint density at radius 2 is 2.06 bits per heavy atom. The lowest BCUT2D eigenvalue weighted by Gasteiger charge is -2.18. The number of aliphatic hydroxyl groups is 2. The van der Waals surface area contributed by atoms with Gasteiger partial charge in [-0.3, -0.25) is 0 Å². The van der Waals surface area contributed by atoms with Crippen molar-refractivity contribution in [2.45, 2.75) is 19.1 Å². The van der Waals surface area contributed by atoms with Crippen molar-refractivity contribution in [2.75, 3.05) is 6.54 Å². The van der Waals surface area contributed by atoms with Crippen LogP contribution in [-0.2, 0) is 0 Å². The third-order valence-corrected chi connectivity index (χ3v) is 2.44. The topological polar surface area (TPSA) is 104 Å². The molecule has 0 saturated heterocycles. The number of carboxylic acids is 1. The summed E-state index contributed by atoms with van der Waals surface area (Å²) in [5.41, 5.74) is 6.48. The van der Waals surface area contributed by atoms with Crippen molar-refractivity contribution in [3.63, 3.8) is 0 Å². The van der Waals surface area contributed by atoms with Gasteiger partial charge in [0.15, 0.2) is 0 Å². The second kappa shape index (κ2) is 5.07. The van der Waals surface area contributed by atoms with Gasteiger partial charge in [0.25, 0.3) is 0 Å². The van der Waals surface area contributed by atoms with Crippen molar-refractivity contribution in [1.29, 1.82) is 0 Å². The van der Waals surface area contributed by atoms with Gasteiger partial charge in [0.05, 0.1) is 11.7 Å². The molecule has 0 radical (unpaired) electrons. The zero-order valence-electron chi connectivity index (χ0n) is 8.92. The van der Waals surface area contributed by atoms with E-state index >= 15 is 0 Å². The summed E-state index contributed by atoms with van der Waals surface area (Å²) in [6, 6.07) is 4.32. The molecule has 1 aromatic rings. The molecule has 0 amide bonds. The van der Waals surface area contributed by atoms with Crippen molar-refractivity contribution < 1.29 is 20.1 Å². The van der Waals surface area contributed by atoms with E-state index in [4.69, 9.17) is 10.8 Å². The summed E-state index contributed by atoms with van der Waals surface area (Å²) < 4.78 is 0. The molecular weight excluding hydrogens is 210 g/mol. The van der Waals surface area contributed by atoms with Crippen LogP contribution in [0.25, 0.3) is 0 Å². The second-order valence-corrected chi connectivity index (χ2v) is 3.62. The lowest BCUT2D eigenvalue weighted by atomic mass is 9.97. The van der Waals surface area contributed by atoms with Gasteiger partial charge in [0.2, 0.25) is 0 Å². The molecule has 0 aliphatic rings. The van der Waals surface area contributed by atoms with E-state index in [1.54, 1.807) is 6.92 Å². The molecule has 2 atom stereocenters. The van der Waals surface area contributed by atoms with Gasteiger partial charge in [-0.1, -0.05) is 6.07 Å². The molecule has 5 heteroatoms. The number of nitrogens with two attached hydrogens (primary N) is 1. The van der Waals surface area contributed by atoms with E-state index in [1.807, 2.05) is 0 Å². The highest BCUT2D eigenvalue weighted by atomic mass is 16.4. The number of carboxylic acid groups (broad SMARTS) is 1. The van der Waals surface area contributed by atoms with Gasteiger partial charge in [-0.2, -0.15) is 0 Å². The third-order valence-electron chi connectivity index (χ3n) is 2.44. The average Bonchev–Trinajstić information content (AvgIpc) is 2.26. The van der Waals surface area contributed by atoms with Crippen molar-refractivity contribution in [1.82, 2.24) is 0 Å². The Morgan fingerprint density at radius 3 is 2.50 bits per heavy atom. The quantitative estimate of drug-likeness (QED) is 0.579.